The molecule has 0 saturated heterocycles. The predicted molar refractivity (Wildman–Crippen MR) is 71.6 cm³/mol. The van der Waals surface area contributed by atoms with Crippen LogP contribution in [0.4, 0.5) is 0 Å². The summed E-state index contributed by atoms with van der Waals surface area (Å²) in [4.78, 5) is 0. The number of hydrogen-bond acceptors (Lipinski definition) is 2. The number of benzene rings is 1. The lowest BCUT2D eigenvalue weighted by atomic mass is 10.2. The summed E-state index contributed by atoms with van der Waals surface area (Å²) >= 11 is 0. The van der Waals surface area contributed by atoms with Crippen molar-refractivity contribution in [3.8, 4) is 12.3 Å². The molecule has 0 spiro atoms. The summed E-state index contributed by atoms with van der Waals surface area (Å²) in [6.45, 7) is 5.54. The first-order chi connectivity index (χ1) is 8.22. The predicted octanol–water partition coefficient (Wildman–Crippen LogP) is 2.59. The van der Waals surface area contributed by atoms with Gasteiger partial charge in [0.25, 0.3) is 0 Å². The molecule has 2 unspecified atom stereocenters. The maximum absolute atomic E-state index is 5.61. The molecule has 0 saturated carbocycles. The largest absolute Gasteiger partial charge is 0.377 e. The van der Waals surface area contributed by atoms with E-state index in [-0.39, 0.29) is 6.04 Å². The van der Waals surface area contributed by atoms with E-state index in [9.17, 15) is 0 Å². The second-order valence-electron chi connectivity index (χ2n) is 4.28. The zero-order valence-electron chi connectivity index (χ0n) is 10.6. The first kappa shape index (κ1) is 13.8. The highest BCUT2D eigenvalue weighted by Crippen LogP contribution is 2.02. The standard InChI is InChI=1S/C15H21NO/c1-4-13(2)16-14(3)10-11-17-12-15-8-6-5-7-9-15/h1,5-9,13-14,16H,10-12H2,2-3H3. The van der Waals surface area contributed by atoms with Gasteiger partial charge >= 0.3 is 0 Å². The summed E-state index contributed by atoms with van der Waals surface area (Å²) in [5, 5.41) is 3.31. The van der Waals surface area contributed by atoms with Crippen LogP contribution in [0.2, 0.25) is 0 Å². The fourth-order valence-electron chi connectivity index (χ4n) is 1.58. The molecule has 0 radical (unpaired) electrons. The van der Waals surface area contributed by atoms with Gasteiger partial charge in [0, 0.05) is 12.6 Å². The van der Waals surface area contributed by atoms with Crippen LogP contribution in [-0.4, -0.2) is 18.7 Å². The van der Waals surface area contributed by atoms with Crippen LogP contribution in [0.1, 0.15) is 25.8 Å². The van der Waals surface area contributed by atoms with E-state index in [0.29, 0.717) is 12.6 Å². The molecular formula is C15H21NO. The van der Waals surface area contributed by atoms with Gasteiger partial charge in [-0.05, 0) is 25.8 Å². The highest BCUT2D eigenvalue weighted by Gasteiger charge is 2.04. The molecule has 2 nitrogen and oxygen atoms in total. The average Bonchev–Trinajstić information content (AvgIpc) is 2.36. The van der Waals surface area contributed by atoms with E-state index in [2.05, 4.69) is 30.3 Å². The molecule has 0 heterocycles. The zero-order chi connectivity index (χ0) is 12.5. The minimum Gasteiger partial charge on any atom is -0.377 e. The van der Waals surface area contributed by atoms with Crippen LogP contribution in [0.25, 0.3) is 0 Å². The Morgan fingerprint density at radius 2 is 2.00 bits per heavy atom. The fraction of sp³-hybridized carbons (Fsp3) is 0.467. The summed E-state index contributed by atoms with van der Waals surface area (Å²) in [5.41, 5.74) is 1.21. The van der Waals surface area contributed by atoms with Crippen molar-refractivity contribution >= 4 is 0 Å². The molecule has 2 atom stereocenters. The summed E-state index contributed by atoms with van der Waals surface area (Å²) in [7, 11) is 0. The third-order valence-electron chi connectivity index (χ3n) is 2.59. The van der Waals surface area contributed by atoms with Gasteiger partial charge in [0.05, 0.1) is 12.6 Å². The Balaban J connectivity index is 2.10. The lowest BCUT2D eigenvalue weighted by Gasteiger charge is -2.16. The van der Waals surface area contributed by atoms with Crippen molar-refractivity contribution < 1.29 is 4.74 Å². The summed E-state index contributed by atoms with van der Waals surface area (Å²) in [5.74, 6) is 2.66. The van der Waals surface area contributed by atoms with Gasteiger partial charge in [-0.2, -0.15) is 0 Å². The minimum atomic E-state index is 0.124. The number of nitrogens with one attached hydrogen (secondary N) is 1. The van der Waals surface area contributed by atoms with Gasteiger partial charge in [0.15, 0.2) is 0 Å². The molecule has 0 bridgehead atoms. The molecule has 92 valence electrons. The highest BCUT2D eigenvalue weighted by atomic mass is 16.5. The molecule has 0 aliphatic heterocycles. The maximum Gasteiger partial charge on any atom is 0.0716 e. The molecule has 0 amide bonds. The zero-order valence-corrected chi connectivity index (χ0v) is 10.6. The van der Waals surface area contributed by atoms with Crippen molar-refractivity contribution in [3.63, 3.8) is 0 Å². The normalized spacial score (nSPS) is 13.9. The molecule has 1 aromatic carbocycles. The van der Waals surface area contributed by atoms with Crippen LogP contribution in [0.3, 0.4) is 0 Å². The first-order valence-electron chi connectivity index (χ1n) is 6.06. The number of rotatable bonds is 7. The van der Waals surface area contributed by atoms with E-state index in [0.717, 1.165) is 13.0 Å². The lowest BCUT2D eigenvalue weighted by Crippen LogP contribution is -2.34. The second kappa shape index (κ2) is 7.89. The molecule has 0 fully saturated rings. The van der Waals surface area contributed by atoms with Crippen LogP contribution < -0.4 is 5.32 Å². The van der Waals surface area contributed by atoms with E-state index in [1.165, 1.54) is 5.56 Å². The summed E-state index contributed by atoms with van der Waals surface area (Å²) < 4.78 is 5.61. The SMILES string of the molecule is C#CC(C)NC(C)CCOCc1ccccc1. The first-order valence-corrected chi connectivity index (χ1v) is 6.06. The van der Waals surface area contributed by atoms with Crippen LogP contribution in [0.5, 0.6) is 0 Å². The molecule has 1 rings (SSSR count). The van der Waals surface area contributed by atoms with Crippen molar-refractivity contribution in [1.82, 2.24) is 5.32 Å². The van der Waals surface area contributed by atoms with E-state index in [1.54, 1.807) is 0 Å². The van der Waals surface area contributed by atoms with E-state index in [4.69, 9.17) is 11.2 Å². The quantitative estimate of drug-likeness (QED) is 0.575. The average molecular weight is 231 g/mol. The Labute approximate surface area is 104 Å². The van der Waals surface area contributed by atoms with Gasteiger partial charge < -0.3 is 10.1 Å². The van der Waals surface area contributed by atoms with Crippen molar-refractivity contribution in [2.75, 3.05) is 6.61 Å². The van der Waals surface area contributed by atoms with Crippen LogP contribution in [0.15, 0.2) is 30.3 Å². The Kier molecular flexibility index (Phi) is 6.39. The van der Waals surface area contributed by atoms with Crippen molar-refractivity contribution in [1.29, 1.82) is 0 Å². The molecule has 17 heavy (non-hydrogen) atoms. The number of ether oxygens (including phenoxy) is 1. The topological polar surface area (TPSA) is 21.3 Å². The third kappa shape index (κ3) is 6.11. The van der Waals surface area contributed by atoms with Gasteiger partial charge in [-0.3, -0.25) is 0 Å². The second-order valence-corrected chi connectivity index (χ2v) is 4.28. The summed E-state index contributed by atoms with van der Waals surface area (Å²) in [6.07, 6.45) is 6.28. The Morgan fingerprint density at radius 1 is 1.29 bits per heavy atom. The molecular weight excluding hydrogens is 210 g/mol. The molecule has 0 aliphatic rings. The van der Waals surface area contributed by atoms with E-state index >= 15 is 0 Å². The Bertz CT molecular complexity index is 342. The lowest BCUT2D eigenvalue weighted by molar-refractivity contribution is 0.112. The summed E-state index contributed by atoms with van der Waals surface area (Å²) in [6, 6.07) is 10.7. The van der Waals surface area contributed by atoms with Gasteiger partial charge in [-0.1, -0.05) is 36.3 Å². The molecule has 0 aliphatic carbocycles. The van der Waals surface area contributed by atoms with E-state index in [1.807, 2.05) is 25.1 Å². The monoisotopic (exact) mass is 231 g/mol. The third-order valence-corrected chi connectivity index (χ3v) is 2.59. The van der Waals surface area contributed by atoms with Gasteiger partial charge in [-0.15, -0.1) is 6.42 Å². The van der Waals surface area contributed by atoms with Crippen molar-refractivity contribution in [2.45, 2.75) is 39.0 Å². The van der Waals surface area contributed by atoms with Crippen LogP contribution in [-0.2, 0) is 11.3 Å². The molecule has 1 aromatic rings. The smallest absolute Gasteiger partial charge is 0.0716 e. The van der Waals surface area contributed by atoms with Crippen molar-refractivity contribution in [3.05, 3.63) is 35.9 Å². The minimum absolute atomic E-state index is 0.124. The van der Waals surface area contributed by atoms with Crippen LogP contribution in [0, 0.1) is 12.3 Å². The highest BCUT2D eigenvalue weighted by molar-refractivity contribution is 5.13. The Hall–Kier alpha value is -1.30. The number of terminal acetylenes is 1. The van der Waals surface area contributed by atoms with Gasteiger partial charge in [-0.25, -0.2) is 0 Å². The Morgan fingerprint density at radius 3 is 2.65 bits per heavy atom. The van der Waals surface area contributed by atoms with Crippen LogP contribution >= 0.6 is 0 Å². The molecule has 1 N–H and O–H groups in total. The maximum atomic E-state index is 5.61. The van der Waals surface area contributed by atoms with E-state index < -0.39 is 0 Å². The number of hydrogen-bond donors (Lipinski definition) is 1. The van der Waals surface area contributed by atoms with Gasteiger partial charge in [0.1, 0.15) is 0 Å². The van der Waals surface area contributed by atoms with Crippen molar-refractivity contribution in [2.24, 2.45) is 0 Å². The van der Waals surface area contributed by atoms with Gasteiger partial charge in [0.2, 0.25) is 0 Å². The fourth-order valence-corrected chi connectivity index (χ4v) is 1.58. The molecule has 2 heteroatoms. The molecule has 0 aromatic heterocycles.